The maximum Gasteiger partial charge on any atom is 0.255 e. The number of carbonyl (C=O) groups excluding carboxylic acids is 1. The summed E-state index contributed by atoms with van der Waals surface area (Å²) in [6.45, 7) is 0.974. The van der Waals surface area contributed by atoms with E-state index in [-0.39, 0.29) is 10.9 Å². The molecule has 2 aromatic carbocycles. The minimum absolute atomic E-state index is 0.00231. The summed E-state index contributed by atoms with van der Waals surface area (Å²) in [5.41, 5.74) is 1.55. The zero-order valence-corrected chi connectivity index (χ0v) is 15.3. The number of pyridine rings is 1. The van der Waals surface area contributed by atoms with Crippen LogP contribution in [0.15, 0.2) is 54.7 Å². The van der Waals surface area contributed by atoms with E-state index in [1.54, 1.807) is 30.3 Å². The van der Waals surface area contributed by atoms with E-state index in [9.17, 15) is 9.18 Å². The Morgan fingerprint density at radius 1 is 1.00 bits per heavy atom. The maximum atomic E-state index is 13.3. The maximum absolute atomic E-state index is 13.3. The van der Waals surface area contributed by atoms with E-state index in [1.165, 1.54) is 24.4 Å². The van der Waals surface area contributed by atoms with Crippen LogP contribution in [0, 0.1) is 5.82 Å². The van der Waals surface area contributed by atoms with Gasteiger partial charge < -0.3 is 20.1 Å². The third kappa shape index (κ3) is 3.99. The van der Waals surface area contributed by atoms with Crippen molar-refractivity contribution in [1.82, 2.24) is 4.98 Å². The lowest BCUT2D eigenvalue weighted by molar-refractivity contribution is 0.102. The highest BCUT2D eigenvalue weighted by Gasteiger charge is 2.14. The summed E-state index contributed by atoms with van der Waals surface area (Å²) in [7, 11) is 0. The molecule has 2 N–H and O–H groups in total. The number of anilines is 3. The second-order valence-corrected chi connectivity index (χ2v) is 6.40. The molecule has 6 nitrogen and oxygen atoms in total. The number of aromatic nitrogens is 1. The van der Waals surface area contributed by atoms with Gasteiger partial charge in [-0.25, -0.2) is 9.37 Å². The predicted octanol–water partition coefficient (Wildman–Crippen LogP) is 4.64. The molecule has 0 spiro atoms. The fourth-order valence-electron chi connectivity index (χ4n) is 2.69. The van der Waals surface area contributed by atoms with Crippen LogP contribution in [0.2, 0.25) is 5.02 Å². The van der Waals surface area contributed by atoms with E-state index in [0.717, 1.165) is 0 Å². The number of amides is 1. The van der Waals surface area contributed by atoms with Crippen molar-refractivity contribution in [3.05, 3.63) is 71.1 Å². The molecule has 0 unspecified atom stereocenters. The molecule has 4 rings (SSSR count). The number of ether oxygens (including phenoxy) is 2. The standard InChI is InChI=1S/C20H15ClFN3O3/c21-15-10-13(1-3-16(15)22)24-19-9-12(5-6-23-19)20(26)25-14-2-4-17-18(11-14)28-8-7-27-17/h1-6,9-11H,7-8H2,(H,23,24)(H,25,26). The summed E-state index contributed by atoms with van der Waals surface area (Å²) < 4.78 is 24.3. The Bertz CT molecular complexity index is 1040. The first-order valence-corrected chi connectivity index (χ1v) is 8.85. The van der Waals surface area contributed by atoms with Gasteiger partial charge in [0.2, 0.25) is 0 Å². The molecule has 0 saturated heterocycles. The Morgan fingerprint density at radius 3 is 2.61 bits per heavy atom. The van der Waals surface area contributed by atoms with Crippen molar-refractivity contribution in [2.75, 3.05) is 23.8 Å². The number of nitrogens with one attached hydrogen (secondary N) is 2. The Morgan fingerprint density at radius 2 is 1.79 bits per heavy atom. The molecular weight excluding hydrogens is 385 g/mol. The fraction of sp³-hybridized carbons (Fsp3) is 0.100. The molecule has 0 radical (unpaired) electrons. The Hall–Kier alpha value is -3.32. The van der Waals surface area contributed by atoms with Gasteiger partial charge in [0, 0.05) is 29.2 Å². The van der Waals surface area contributed by atoms with Crippen LogP contribution in [0.5, 0.6) is 11.5 Å². The number of hydrogen-bond acceptors (Lipinski definition) is 5. The molecule has 0 aliphatic carbocycles. The van der Waals surface area contributed by atoms with E-state index in [4.69, 9.17) is 21.1 Å². The quantitative estimate of drug-likeness (QED) is 0.668. The van der Waals surface area contributed by atoms with E-state index in [0.29, 0.717) is 47.5 Å². The van der Waals surface area contributed by atoms with Crippen LogP contribution >= 0.6 is 11.6 Å². The summed E-state index contributed by atoms with van der Waals surface area (Å²) in [5, 5.41) is 5.81. The van der Waals surface area contributed by atoms with Crippen LogP contribution in [0.1, 0.15) is 10.4 Å². The largest absolute Gasteiger partial charge is 0.486 e. The molecule has 1 aromatic heterocycles. The molecule has 3 aromatic rings. The predicted molar refractivity (Wildman–Crippen MR) is 104 cm³/mol. The van der Waals surface area contributed by atoms with Gasteiger partial charge in [0.15, 0.2) is 11.5 Å². The minimum atomic E-state index is -0.507. The van der Waals surface area contributed by atoms with Crippen LogP contribution in [0.25, 0.3) is 0 Å². The van der Waals surface area contributed by atoms with Crippen molar-refractivity contribution < 1.29 is 18.7 Å². The number of halogens is 2. The van der Waals surface area contributed by atoms with Crippen LogP contribution in [0.3, 0.4) is 0 Å². The summed E-state index contributed by atoms with van der Waals surface area (Å²) in [6, 6.07) is 12.6. The van der Waals surface area contributed by atoms with Crippen LogP contribution in [-0.4, -0.2) is 24.1 Å². The van der Waals surface area contributed by atoms with Gasteiger partial charge in [-0.15, -0.1) is 0 Å². The highest BCUT2D eigenvalue weighted by Crippen LogP contribution is 2.32. The number of fused-ring (bicyclic) bond motifs is 1. The number of nitrogens with zero attached hydrogens (tertiary/aromatic N) is 1. The highest BCUT2D eigenvalue weighted by atomic mass is 35.5. The first-order valence-electron chi connectivity index (χ1n) is 8.47. The lowest BCUT2D eigenvalue weighted by Crippen LogP contribution is -2.16. The number of hydrogen-bond donors (Lipinski definition) is 2. The van der Waals surface area contributed by atoms with Crippen molar-refractivity contribution in [3.8, 4) is 11.5 Å². The van der Waals surface area contributed by atoms with Crippen LogP contribution in [0.4, 0.5) is 21.6 Å². The molecule has 1 aliphatic rings. The fourth-order valence-corrected chi connectivity index (χ4v) is 2.87. The van der Waals surface area contributed by atoms with E-state index >= 15 is 0 Å². The Labute approximate surface area is 165 Å². The molecular formula is C20H15ClFN3O3. The summed E-state index contributed by atoms with van der Waals surface area (Å²) in [5.74, 6) is 0.858. The Kier molecular flexibility index (Phi) is 4.99. The molecule has 0 saturated carbocycles. The molecule has 2 heterocycles. The third-order valence-corrected chi connectivity index (χ3v) is 4.30. The molecule has 8 heteroatoms. The van der Waals surface area contributed by atoms with Crippen LogP contribution in [-0.2, 0) is 0 Å². The lowest BCUT2D eigenvalue weighted by Gasteiger charge is -2.19. The summed E-state index contributed by atoms with van der Waals surface area (Å²) in [6.07, 6.45) is 1.51. The lowest BCUT2D eigenvalue weighted by atomic mass is 10.2. The molecule has 142 valence electrons. The van der Waals surface area contributed by atoms with Crippen molar-refractivity contribution >= 4 is 34.7 Å². The van der Waals surface area contributed by atoms with Crippen molar-refractivity contribution in [3.63, 3.8) is 0 Å². The second kappa shape index (κ2) is 7.74. The van der Waals surface area contributed by atoms with Gasteiger partial charge in [0.05, 0.1) is 5.02 Å². The van der Waals surface area contributed by atoms with E-state index in [1.807, 2.05) is 0 Å². The van der Waals surface area contributed by atoms with Gasteiger partial charge in [0.25, 0.3) is 5.91 Å². The van der Waals surface area contributed by atoms with Gasteiger partial charge in [-0.2, -0.15) is 0 Å². The molecule has 0 atom stereocenters. The number of benzene rings is 2. The normalized spacial score (nSPS) is 12.4. The van der Waals surface area contributed by atoms with Crippen molar-refractivity contribution in [2.45, 2.75) is 0 Å². The monoisotopic (exact) mass is 399 g/mol. The molecule has 0 bridgehead atoms. The van der Waals surface area contributed by atoms with Crippen molar-refractivity contribution in [1.29, 1.82) is 0 Å². The van der Waals surface area contributed by atoms with Crippen LogP contribution < -0.4 is 20.1 Å². The highest BCUT2D eigenvalue weighted by molar-refractivity contribution is 6.31. The smallest absolute Gasteiger partial charge is 0.255 e. The van der Waals surface area contributed by atoms with Gasteiger partial charge >= 0.3 is 0 Å². The number of carbonyl (C=O) groups is 1. The van der Waals surface area contributed by atoms with Gasteiger partial charge in [0.1, 0.15) is 24.8 Å². The first-order chi connectivity index (χ1) is 13.6. The zero-order valence-electron chi connectivity index (χ0n) is 14.5. The minimum Gasteiger partial charge on any atom is -0.486 e. The molecule has 1 amide bonds. The third-order valence-electron chi connectivity index (χ3n) is 4.01. The first kappa shape index (κ1) is 18.1. The molecule has 28 heavy (non-hydrogen) atoms. The average Bonchev–Trinajstić information content (AvgIpc) is 2.71. The summed E-state index contributed by atoms with van der Waals surface area (Å²) >= 11 is 5.78. The topological polar surface area (TPSA) is 72.5 Å². The molecule has 0 fully saturated rings. The molecule has 1 aliphatic heterocycles. The Balaban J connectivity index is 1.49. The van der Waals surface area contributed by atoms with Gasteiger partial charge in [-0.1, -0.05) is 11.6 Å². The average molecular weight is 400 g/mol. The van der Waals surface area contributed by atoms with Gasteiger partial charge in [-0.05, 0) is 42.5 Å². The SMILES string of the molecule is O=C(Nc1ccc2c(c1)OCCO2)c1ccnc(Nc2ccc(F)c(Cl)c2)c1. The second-order valence-electron chi connectivity index (χ2n) is 6.00. The van der Waals surface area contributed by atoms with Crippen molar-refractivity contribution in [2.24, 2.45) is 0 Å². The van der Waals surface area contributed by atoms with Gasteiger partial charge in [-0.3, -0.25) is 4.79 Å². The van der Waals surface area contributed by atoms with E-state index in [2.05, 4.69) is 15.6 Å². The number of rotatable bonds is 4. The zero-order chi connectivity index (χ0) is 19.5. The summed E-state index contributed by atoms with van der Waals surface area (Å²) in [4.78, 5) is 16.7. The van der Waals surface area contributed by atoms with E-state index < -0.39 is 5.82 Å².